The molecule has 2 aromatic rings. The molecule has 0 aliphatic heterocycles. The van der Waals surface area contributed by atoms with Crippen LogP contribution in [0.2, 0.25) is 0 Å². The summed E-state index contributed by atoms with van der Waals surface area (Å²) in [7, 11) is 0. The van der Waals surface area contributed by atoms with Crippen molar-refractivity contribution in [1.29, 1.82) is 0 Å². The molecular formula is C16H21F2N3. The van der Waals surface area contributed by atoms with Crippen molar-refractivity contribution in [1.82, 2.24) is 15.1 Å². The summed E-state index contributed by atoms with van der Waals surface area (Å²) in [4.78, 5) is 0. The molecule has 1 heterocycles. The monoisotopic (exact) mass is 293 g/mol. The average molecular weight is 293 g/mol. The highest BCUT2D eigenvalue weighted by molar-refractivity contribution is 5.22. The zero-order valence-corrected chi connectivity index (χ0v) is 12.9. The van der Waals surface area contributed by atoms with Gasteiger partial charge >= 0.3 is 0 Å². The van der Waals surface area contributed by atoms with Gasteiger partial charge in [-0.05, 0) is 39.8 Å². The molecule has 2 rings (SSSR count). The van der Waals surface area contributed by atoms with Crippen LogP contribution in [0.4, 0.5) is 8.78 Å². The van der Waals surface area contributed by atoms with Crippen LogP contribution in [0, 0.1) is 18.6 Å². The molecule has 0 aliphatic rings. The minimum Gasteiger partial charge on any atom is -0.308 e. The lowest BCUT2D eigenvalue weighted by Crippen LogP contribution is -2.35. The highest BCUT2D eigenvalue weighted by Gasteiger charge is 2.14. The van der Waals surface area contributed by atoms with Crippen LogP contribution in [0.25, 0.3) is 0 Å². The summed E-state index contributed by atoms with van der Waals surface area (Å²) in [6.45, 7) is 8.94. The predicted octanol–water partition coefficient (Wildman–Crippen LogP) is 3.41. The first-order valence-electron chi connectivity index (χ1n) is 6.97. The van der Waals surface area contributed by atoms with E-state index in [9.17, 15) is 8.78 Å². The lowest BCUT2D eigenvalue weighted by molar-refractivity contribution is 0.423. The van der Waals surface area contributed by atoms with Gasteiger partial charge in [0.1, 0.15) is 11.6 Å². The molecule has 3 nitrogen and oxygen atoms in total. The van der Waals surface area contributed by atoms with Gasteiger partial charge in [-0.1, -0.05) is 6.07 Å². The first-order valence-corrected chi connectivity index (χ1v) is 6.97. The summed E-state index contributed by atoms with van der Waals surface area (Å²) in [6, 6.07) is 3.89. The number of rotatable bonds is 4. The van der Waals surface area contributed by atoms with Gasteiger partial charge < -0.3 is 5.32 Å². The third-order valence-electron chi connectivity index (χ3n) is 3.38. The van der Waals surface area contributed by atoms with E-state index in [-0.39, 0.29) is 17.6 Å². The molecule has 5 heteroatoms. The molecule has 0 fully saturated rings. The molecule has 114 valence electrons. The summed E-state index contributed by atoms with van der Waals surface area (Å²) in [5.74, 6) is -1.08. The molecule has 1 N–H and O–H groups in total. The third-order valence-corrected chi connectivity index (χ3v) is 3.38. The molecule has 0 radical (unpaired) electrons. The summed E-state index contributed by atoms with van der Waals surface area (Å²) in [6.07, 6.45) is 1.74. The molecule has 1 aromatic carbocycles. The van der Waals surface area contributed by atoms with Crippen molar-refractivity contribution in [3.63, 3.8) is 0 Å². The van der Waals surface area contributed by atoms with Crippen molar-refractivity contribution in [2.24, 2.45) is 0 Å². The van der Waals surface area contributed by atoms with Crippen molar-refractivity contribution in [3.8, 4) is 0 Å². The van der Waals surface area contributed by atoms with Gasteiger partial charge in [-0.2, -0.15) is 5.10 Å². The molecular weight excluding hydrogens is 272 g/mol. The largest absolute Gasteiger partial charge is 0.308 e. The van der Waals surface area contributed by atoms with Crippen LogP contribution in [0.15, 0.2) is 24.4 Å². The Labute approximate surface area is 124 Å². The fourth-order valence-electron chi connectivity index (χ4n) is 2.01. The maximum absolute atomic E-state index is 13.7. The van der Waals surface area contributed by atoms with Crippen molar-refractivity contribution in [2.75, 3.05) is 0 Å². The van der Waals surface area contributed by atoms with Gasteiger partial charge in [-0.25, -0.2) is 8.78 Å². The lowest BCUT2D eigenvalue weighted by Gasteiger charge is -2.20. The Morgan fingerprint density at radius 2 is 1.81 bits per heavy atom. The molecule has 0 unspecified atom stereocenters. The quantitative estimate of drug-likeness (QED) is 0.936. The number of nitrogens with one attached hydrogen (secondary N) is 1. The van der Waals surface area contributed by atoms with E-state index in [1.165, 1.54) is 18.2 Å². The van der Waals surface area contributed by atoms with Gasteiger partial charge in [0, 0.05) is 28.9 Å². The molecule has 21 heavy (non-hydrogen) atoms. The third kappa shape index (κ3) is 3.88. The van der Waals surface area contributed by atoms with Crippen LogP contribution in [-0.4, -0.2) is 15.3 Å². The fraction of sp³-hybridized carbons (Fsp3) is 0.438. The number of nitrogens with zero attached hydrogens (tertiary/aromatic N) is 2. The number of aromatic nitrogens is 2. The fourth-order valence-corrected chi connectivity index (χ4v) is 2.01. The summed E-state index contributed by atoms with van der Waals surface area (Å²) in [5.41, 5.74) is 1.99. The number of benzene rings is 1. The topological polar surface area (TPSA) is 29.9 Å². The van der Waals surface area contributed by atoms with Crippen LogP contribution < -0.4 is 5.32 Å². The van der Waals surface area contributed by atoms with Gasteiger partial charge in [0.05, 0.1) is 12.7 Å². The number of halogens is 2. The van der Waals surface area contributed by atoms with E-state index < -0.39 is 11.6 Å². The van der Waals surface area contributed by atoms with Crippen molar-refractivity contribution < 1.29 is 8.78 Å². The van der Waals surface area contributed by atoms with E-state index in [1.807, 2.05) is 6.92 Å². The second-order valence-electron chi connectivity index (χ2n) is 6.22. The van der Waals surface area contributed by atoms with Gasteiger partial charge in [0.25, 0.3) is 0 Å². The normalized spacial score (nSPS) is 11.9. The van der Waals surface area contributed by atoms with Gasteiger partial charge in [-0.15, -0.1) is 0 Å². The molecule has 0 atom stereocenters. The van der Waals surface area contributed by atoms with Crippen molar-refractivity contribution >= 4 is 0 Å². The zero-order chi connectivity index (χ0) is 15.6. The lowest BCUT2D eigenvalue weighted by atomic mass is 10.1. The minimum absolute atomic E-state index is 0.00614. The molecule has 0 aliphatic carbocycles. The second kappa shape index (κ2) is 5.93. The Balaban J connectivity index is 2.17. The van der Waals surface area contributed by atoms with E-state index in [4.69, 9.17) is 0 Å². The Kier molecular flexibility index (Phi) is 4.42. The molecule has 0 amide bonds. The maximum Gasteiger partial charge on any atom is 0.131 e. The van der Waals surface area contributed by atoms with Crippen LogP contribution >= 0.6 is 0 Å². The Hall–Kier alpha value is -1.75. The van der Waals surface area contributed by atoms with Crippen LogP contribution in [-0.2, 0) is 13.1 Å². The number of hydrogen-bond donors (Lipinski definition) is 1. The van der Waals surface area contributed by atoms with E-state index in [1.54, 1.807) is 10.9 Å². The smallest absolute Gasteiger partial charge is 0.131 e. The predicted molar refractivity (Wildman–Crippen MR) is 79.0 cm³/mol. The molecule has 0 bridgehead atoms. The van der Waals surface area contributed by atoms with E-state index in [0.29, 0.717) is 6.54 Å². The van der Waals surface area contributed by atoms with Crippen molar-refractivity contribution in [3.05, 3.63) is 52.9 Å². The van der Waals surface area contributed by atoms with Gasteiger partial charge in [-0.3, -0.25) is 4.68 Å². The Morgan fingerprint density at radius 3 is 2.38 bits per heavy atom. The minimum atomic E-state index is -0.542. The Bertz CT molecular complexity index is 607. The average Bonchev–Trinajstić information content (AvgIpc) is 2.72. The highest BCUT2D eigenvalue weighted by Crippen LogP contribution is 2.16. The summed E-state index contributed by atoms with van der Waals surface area (Å²) < 4.78 is 29.0. The van der Waals surface area contributed by atoms with E-state index >= 15 is 0 Å². The summed E-state index contributed by atoms with van der Waals surface area (Å²) in [5, 5.41) is 7.61. The van der Waals surface area contributed by atoms with Crippen LogP contribution in [0.5, 0.6) is 0 Å². The standard InChI is InChI=1S/C16H21F2N3/c1-11-12(8-19-16(2,3)4)9-20-21(11)10-13-14(17)6-5-7-15(13)18/h5-7,9,19H,8,10H2,1-4H3. The first kappa shape index (κ1) is 15.6. The molecule has 0 saturated heterocycles. The van der Waals surface area contributed by atoms with Crippen LogP contribution in [0.1, 0.15) is 37.6 Å². The van der Waals surface area contributed by atoms with E-state index in [0.717, 1.165) is 11.3 Å². The maximum atomic E-state index is 13.7. The summed E-state index contributed by atoms with van der Waals surface area (Å²) >= 11 is 0. The Morgan fingerprint density at radius 1 is 1.19 bits per heavy atom. The highest BCUT2D eigenvalue weighted by atomic mass is 19.1. The van der Waals surface area contributed by atoms with Crippen LogP contribution in [0.3, 0.4) is 0 Å². The molecule has 0 spiro atoms. The SMILES string of the molecule is Cc1c(CNC(C)(C)C)cnn1Cc1c(F)cccc1F. The van der Waals surface area contributed by atoms with E-state index in [2.05, 4.69) is 31.2 Å². The van der Waals surface area contributed by atoms with Gasteiger partial charge in [0.2, 0.25) is 0 Å². The number of hydrogen-bond acceptors (Lipinski definition) is 2. The molecule has 1 aromatic heterocycles. The van der Waals surface area contributed by atoms with Gasteiger partial charge in [0.15, 0.2) is 0 Å². The first-order chi connectivity index (χ1) is 9.78. The molecule has 0 saturated carbocycles. The van der Waals surface area contributed by atoms with Crippen molar-refractivity contribution in [2.45, 2.75) is 46.3 Å². The zero-order valence-electron chi connectivity index (χ0n) is 12.9. The second-order valence-corrected chi connectivity index (χ2v) is 6.22.